The molecule has 5 heteroatoms. The molecule has 0 saturated heterocycles. The Bertz CT molecular complexity index is 486. The van der Waals surface area contributed by atoms with Crippen LogP contribution in [0.15, 0.2) is 24.3 Å². The first-order valence-electron chi connectivity index (χ1n) is 6.43. The molecule has 19 heavy (non-hydrogen) atoms. The minimum atomic E-state index is -0.410. The van der Waals surface area contributed by atoms with E-state index in [1.54, 1.807) is 11.0 Å². The molecule has 0 heterocycles. The smallest absolute Gasteiger partial charge is 0.254 e. The molecule has 0 spiro atoms. The number of hydrogen-bond donors (Lipinski definition) is 1. The van der Waals surface area contributed by atoms with Gasteiger partial charge in [-0.2, -0.15) is 0 Å². The zero-order valence-corrected chi connectivity index (χ0v) is 11.5. The van der Waals surface area contributed by atoms with Crippen molar-refractivity contribution < 1.29 is 9.18 Å². The average Bonchev–Trinajstić information content (AvgIpc) is 2.88. The third kappa shape index (κ3) is 3.50. The van der Waals surface area contributed by atoms with Crippen LogP contribution in [-0.4, -0.2) is 28.4 Å². The number of carbonyl (C=O) groups is 1. The van der Waals surface area contributed by atoms with Gasteiger partial charge in [-0.05, 0) is 31.0 Å². The summed E-state index contributed by atoms with van der Waals surface area (Å²) in [4.78, 5) is 14.4. The molecule has 1 aliphatic rings. The van der Waals surface area contributed by atoms with Gasteiger partial charge >= 0.3 is 0 Å². The van der Waals surface area contributed by atoms with E-state index in [1.807, 2.05) is 0 Å². The molecule has 0 radical (unpaired) electrons. The quantitative estimate of drug-likeness (QED) is 0.862. The Morgan fingerprint density at radius 3 is 2.68 bits per heavy atom. The van der Waals surface area contributed by atoms with Gasteiger partial charge < -0.3 is 10.6 Å². The van der Waals surface area contributed by atoms with Crippen LogP contribution in [0.5, 0.6) is 0 Å². The van der Waals surface area contributed by atoms with E-state index in [4.69, 9.17) is 18.0 Å². The lowest BCUT2D eigenvalue weighted by Gasteiger charge is -2.28. The lowest BCUT2D eigenvalue weighted by atomic mass is 10.1. The maximum Gasteiger partial charge on any atom is 0.254 e. The van der Waals surface area contributed by atoms with Gasteiger partial charge in [-0.3, -0.25) is 4.79 Å². The molecule has 1 amide bonds. The Balaban J connectivity index is 2.21. The highest BCUT2D eigenvalue weighted by molar-refractivity contribution is 7.80. The second-order valence-electron chi connectivity index (χ2n) is 4.85. The van der Waals surface area contributed by atoms with Crippen molar-refractivity contribution in [2.75, 3.05) is 6.54 Å². The van der Waals surface area contributed by atoms with Gasteiger partial charge in [-0.1, -0.05) is 31.1 Å². The largest absolute Gasteiger partial charge is 0.392 e. The molecule has 0 aromatic heterocycles. The first kappa shape index (κ1) is 13.9. The van der Waals surface area contributed by atoms with Gasteiger partial charge in [-0.15, -0.1) is 0 Å². The molecule has 1 aliphatic carbocycles. The van der Waals surface area contributed by atoms with Crippen LogP contribution < -0.4 is 5.73 Å². The van der Waals surface area contributed by atoms with E-state index in [-0.39, 0.29) is 23.5 Å². The van der Waals surface area contributed by atoms with E-state index in [0.717, 1.165) is 25.7 Å². The summed E-state index contributed by atoms with van der Waals surface area (Å²) < 4.78 is 13.2. The molecule has 1 aromatic carbocycles. The predicted octanol–water partition coefficient (Wildman–Crippen LogP) is 2.50. The zero-order valence-electron chi connectivity index (χ0n) is 10.6. The lowest BCUT2D eigenvalue weighted by molar-refractivity contribution is 0.0714. The summed E-state index contributed by atoms with van der Waals surface area (Å²) >= 11 is 4.91. The zero-order chi connectivity index (χ0) is 13.8. The number of nitrogens with zero attached hydrogens (tertiary/aromatic N) is 1. The van der Waals surface area contributed by atoms with Crippen molar-refractivity contribution in [2.24, 2.45) is 5.73 Å². The first-order valence-corrected chi connectivity index (χ1v) is 6.83. The molecular formula is C14H17FN2OS. The highest BCUT2D eigenvalue weighted by atomic mass is 32.1. The maximum absolute atomic E-state index is 13.2. The summed E-state index contributed by atoms with van der Waals surface area (Å²) in [6, 6.07) is 5.90. The van der Waals surface area contributed by atoms with E-state index in [9.17, 15) is 9.18 Å². The Labute approximate surface area is 117 Å². The fourth-order valence-corrected chi connectivity index (χ4v) is 2.68. The fraction of sp³-hybridized carbons (Fsp3) is 0.429. The lowest BCUT2D eigenvalue weighted by Crippen LogP contribution is -2.43. The number of rotatable bonds is 4. The van der Waals surface area contributed by atoms with Crippen LogP contribution in [0.1, 0.15) is 36.0 Å². The minimum Gasteiger partial charge on any atom is -0.392 e. The molecule has 1 fully saturated rings. The summed E-state index contributed by atoms with van der Waals surface area (Å²) in [6.07, 6.45) is 4.14. The van der Waals surface area contributed by atoms with Crippen LogP contribution in [0.25, 0.3) is 0 Å². The van der Waals surface area contributed by atoms with Gasteiger partial charge in [0.2, 0.25) is 0 Å². The molecular weight excluding hydrogens is 263 g/mol. The normalized spacial score (nSPS) is 15.4. The molecule has 102 valence electrons. The van der Waals surface area contributed by atoms with Gasteiger partial charge in [0, 0.05) is 11.6 Å². The van der Waals surface area contributed by atoms with Gasteiger partial charge in [0.25, 0.3) is 5.91 Å². The molecule has 0 atom stereocenters. The Morgan fingerprint density at radius 2 is 2.11 bits per heavy atom. The summed E-state index contributed by atoms with van der Waals surface area (Å²) in [5.74, 6) is -0.605. The minimum absolute atomic E-state index is 0.164. The second kappa shape index (κ2) is 6.10. The number of hydrogen-bond acceptors (Lipinski definition) is 2. The predicted molar refractivity (Wildman–Crippen MR) is 76.5 cm³/mol. The first-order chi connectivity index (χ1) is 9.08. The third-order valence-electron chi connectivity index (χ3n) is 3.42. The fourth-order valence-electron chi connectivity index (χ4n) is 2.54. The number of nitrogens with two attached hydrogens (primary N) is 1. The highest BCUT2D eigenvalue weighted by Crippen LogP contribution is 2.25. The molecule has 0 bridgehead atoms. The van der Waals surface area contributed by atoms with Crippen molar-refractivity contribution in [3.63, 3.8) is 0 Å². The van der Waals surface area contributed by atoms with E-state index >= 15 is 0 Å². The molecule has 2 N–H and O–H groups in total. The number of carbonyl (C=O) groups excluding carboxylic acids is 1. The number of thiocarbonyl (C=S) groups is 1. The van der Waals surface area contributed by atoms with E-state index in [2.05, 4.69) is 0 Å². The maximum atomic E-state index is 13.2. The van der Waals surface area contributed by atoms with Gasteiger partial charge in [0.1, 0.15) is 5.82 Å². The van der Waals surface area contributed by atoms with Crippen molar-refractivity contribution in [3.05, 3.63) is 35.6 Å². The van der Waals surface area contributed by atoms with E-state index in [0.29, 0.717) is 5.56 Å². The van der Waals surface area contributed by atoms with Crippen LogP contribution in [0, 0.1) is 5.82 Å². The van der Waals surface area contributed by atoms with Crippen molar-refractivity contribution in [1.29, 1.82) is 0 Å². The summed E-state index contributed by atoms with van der Waals surface area (Å²) in [5.41, 5.74) is 5.92. The van der Waals surface area contributed by atoms with Crippen molar-refractivity contribution in [2.45, 2.75) is 31.7 Å². The van der Waals surface area contributed by atoms with Crippen LogP contribution in [0.4, 0.5) is 4.39 Å². The van der Waals surface area contributed by atoms with Crippen LogP contribution in [-0.2, 0) is 0 Å². The monoisotopic (exact) mass is 280 g/mol. The molecule has 0 aliphatic heterocycles. The summed E-state index contributed by atoms with van der Waals surface area (Å²) in [7, 11) is 0. The topological polar surface area (TPSA) is 46.3 Å². The summed E-state index contributed by atoms with van der Waals surface area (Å²) in [6.45, 7) is 0.259. The van der Waals surface area contributed by atoms with Crippen molar-refractivity contribution in [3.8, 4) is 0 Å². The number of halogens is 1. The van der Waals surface area contributed by atoms with E-state index < -0.39 is 5.82 Å². The van der Waals surface area contributed by atoms with Gasteiger partial charge in [0.05, 0.1) is 11.5 Å². The Hall–Kier alpha value is -1.49. The third-order valence-corrected chi connectivity index (χ3v) is 3.55. The second-order valence-corrected chi connectivity index (χ2v) is 5.37. The van der Waals surface area contributed by atoms with Crippen molar-refractivity contribution >= 4 is 23.1 Å². The average molecular weight is 280 g/mol. The van der Waals surface area contributed by atoms with Gasteiger partial charge in [-0.25, -0.2) is 4.39 Å². The molecule has 0 unspecified atom stereocenters. The van der Waals surface area contributed by atoms with Crippen LogP contribution in [0.3, 0.4) is 0 Å². The highest BCUT2D eigenvalue weighted by Gasteiger charge is 2.27. The molecule has 1 saturated carbocycles. The molecule has 3 nitrogen and oxygen atoms in total. The van der Waals surface area contributed by atoms with Crippen LogP contribution in [0.2, 0.25) is 0 Å². The van der Waals surface area contributed by atoms with Gasteiger partial charge in [0.15, 0.2) is 0 Å². The van der Waals surface area contributed by atoms with Crippen LogP contribution >= 0.6 is 12.2 Å². The number of amides is 1. The van der Waals surface area contributed by atoms with E-state index in [1.165, 1.54) is 18.2 Å². The number of benzene rings is 1. The Kier molecular flexibility index (Phi) is 4.47. The molecule has 1 aromatic rings. The molecule has 2 rings (SSSR count). The van der Waals surface area contributed by atoms with Crippen molar-refractivity contribution in [1.82, 2.24) is 4.90 Å². The standard InChI is InChI=1S/C14H17FN2OS/c15-11-5-3-4-10(8-11)14(18)17(9-13(16)19)12-6-1-2-7-12/h3-5,8,12H,1-2,6-7,9H2,(H2,16,19). The Morgan fingerprint density at radius 1 is 1.42 bits per heavy atom. The summed E-state index contributed by atoms with van der Waals surface area (Å²) in [5, 5.41) is 0. The SMILES string of the molecule is NC(=S)CN(C(=O)c1cccc(F)c1)C1CCCC1.